The summed E-state index contributed by atoms with van der Waals surface area (Å²) in [6.07, 6.45) is 0. The van der Waals surface area contributed by atoms with Gasteiger partial charge in [-0.05, 0) is 0 Å². The number of methoxy groups -OCH3 is 4. The summed E-state index contributed by atoms with van der Waals surface area (Å²) in [6, 6.07) is 11.4. The molecule has 0 radical (unpaired) electrons. The van der Waals surface area contributed by atoms with Crippen LogP contribution in [-0.2, 0) is 0 Å². The Morgan fingerprint density at radius 3 is 1.76 bits per heavy atom. The van der Waals surface area contributed by atoms with Gasteiger partial charge < -0.3 is 0 Å². The van der Waals surface area contributed by atoms with Crippen LogP contribution < -0.4 is 18.9 Å². The van der Waals surface area contributed by atoms with Gasteiger partial charge in [-0.15, -0.1) is 0 Å². The number of rotatable bonds is 6. The van der Waals surface area contributed by atoms with Gasteiger partial charge in [-0.1, -0.05) is 0 Å². The van der Waals surface area contributed by atoms with Crippen LogP contribution in [0.3, 0.4) is 0 Å². The molecule has 0 atom stereocenters. The van der Waals surface area contributed by atoms with Crippen molar-refractivity contribution in [3.05, 3.63) is 36.4 Å². The van der Waals surface area contributed by atoms with E-state index < -0.39 is 0 Å². The van der Waals surface area contributed by atoms with Gasteiger partial charge in [0.25, 0.3) is 0 Å². The molecule has 2 aromatic carbocycles. The average molecular weight is 405 g/mol. The monoisotopic (exact) mass is 406 g/mol. The van der Waals surface area contributed by atoms with Gasteiger partial charge >= 0.3 is 152 Å². The molecule has 0 saturated heterocycles. The SMILES string of the molecule is COc1ccc(-c2n[se]c(-c3ccc(OC)c(OC)c3)n2)cc1OC. The first kappa shape index (κ1) is 17.3. The van der Waals surface area contributed by atoms with E-state index in [0.717, 1.165) is 15.7 Å². The first-order valence-electron chi connectivity index (χ1n) is 7.48. The third-order valence-electron chi connectivity index (χ3n) is 3.70. The fourth-order valence-electron chi connectivity index (χ4n) is 2.40. The Hall–Kier alpha value is -2.50. The zero-order valence-corrected chi connectivity index (χ0v) is 16.1. The van der Waals surface area contributed by atoms with Gasteiger partial charge in [0.1, 0.15) is 0 Å². The second-order valence-corrected chi connectivity index (χ2v) is 6.64. The zero-order chi connectivity index (χ0) is 17.8. The summed E-state index contributed by atoms with van der Waals surface area (Å²) in [6.45, 7) is 0. The first-order chi connectivity index (χ1) is 12.2. The molecule has 0 fully saturated rings. The van der Waals surface area contributed by atoms with Crippen molar-refractivity contribution in [1.82, 2.24) is 8.96 Å². The minimum absolute atomic E-state index is 0.0951. The molecular formula is C18H18N2O4Se. The summed E-state index contributed by atoms with van der Waals surface area (Å²) >= 11 is -0.0951. The predicted octanol–water partition coefficient (Wildman–Crippen LogP) is 2.90. The molecule has 6 nitrogen and oxygen atoms in total. The number of hydrogen-bond donors (Lipinski definition) is 0. The van der Waals surface area contributed by atoms with Crippen LogP contribution in [0, 0.1) is 0 Å². The van der Waals surface area contributed by atoms with Crippen molar-refractivity contribution in [1.29, 1.82) is 0 Å². The second kappa shape index (κ2) is 7.59. The zero-order valence-electron chi connectivity index (χ0n) is 14.4. The maximum atomic E-state index is 5.36. The van der Waals surface area contributed by atoms with Gasteiger partial charge in [-0.3, -0.25) is 0 Å². The van der Waals surface area contributed by atoms with Crippen LogP contribution in [0.5, 0.6) is 23.0 Å². The minimum atomic E-state index is -0.0951. The van der Waals surface area contributed by atoms with E-state index in [-0.39, 0.29) is 14.7 Å². The van der Waals surface area contributed by atoms with Crippen LogP contribution in [0.1, 0.15) is 0 Å². The van der Waals surface area contributed by atoms with Gasteiger partial charge in [-0.2, -0.15) is 0 Å². The van der Waals surface area contributed by atoms with Gasteiger partial charge in [0.2, 0.25) is 0 Å². The maximum absolute atomic E-state index is 5.36. The van der Waals surface area contributed by atoms with Crippen LogP contribution in [0.4, 0.5) is 0 Å². The average Bonchev–Trinajstić information content (AvgIpc) is 3.17. The summed E-state index contributed by atoms with van der Waals surface area (Å²) in [5, 5.41) is 0. The Morgan fingerprint density at radius 1 is 0.680 bits per heavy atom. The Balaban J connectivity index is 1.95. The molecule has 7 heteroatoms. The number of benzene rings is 2. The van der Waals surface area contributed by atoms with E-state index in [4.69, 9.17) is 23.9 Å². The van der Waals surface area contributed by atoms with E-state index in [1.165, 1.54) is 0 Å². The van der Waals surface area contributed by atoms with Crippen LogP contribution in [0.15, 0.2) is 36.4 Å². The standard InChI is InChI=1S/C18H18N2O4Se/c1-21-13-7-5-11(9-15(13)23-3)17-19-18(25-20-17)12-6-8-14(22-2)16(10-12)24-4/h5-10H,1-4H3. The van der Waals surface area contributed by atoms with E-state index in [1.54, 1.807) is 28.4 Å². The molecule has 0 aliphatic heterocycles. The predicted molar refractivity (Wildman–Crippen MR) is 96.1 cm³/mol. The van der Waals surface area contributed by atoms with Gasteiger partial charge in [0, 0.05) is 0 Å². The second-order valence-electron chi connectivity index (χ2n) is 5.06. The topological polar surface area (TPSA) is 62.7 Å². The fraction of sp³-hybridized carbons (Fsp3) is 0.222. The summed E-state index contributed by atoms with van der Waals surface area (Å²) < 4.78 is 26.8. The van der Waals surface area contributed by atoms with E-state index in [1.807, 2.05) is 36.4 Å². The van der Waals surface area contributed by atoms with Crippen molar-refractivity contribution >= 4 is 14.7 Å². The fourth-order valence-corrected chi connectivity index (χ4v) is 3.83. The molecule has 130 valence electrons. The molecule has 25 heavy (non-hydrogen) atoms. The van der Waals surface area contributed by atoms with Crippen LogP contribution in [-0.4, -0.2) is 52.1 Å². The van der Waals surface area contributed by atoms with Gasteiger partial charge in [0.05, 0.1) is 0 Å². The molecule has 1 heterocycles. The van der Waals surface area contributed by atoms with Crippen molar-refractivity contribution < 1.29 is 18.9 Å². The summed E-state index contributed by atoms with van der Waals surface area (Å²) in [5.74, 6) is 3.41. The normalized spacial score (nSPS) is 10.4. The van der Waals surface area contributed by atoms with Crippen LogP contribution >= 0.6 is 0 Å². The molecule has 0 saturated carbocycles. The third-order valence-corrected chi connectivity index (χ3v) is 5.30. The molecule has 0 bridgehead atoms. The number of ether oxygens (including phenoxy) is 4. The van der Waals surface area contributed by atoms with Crippen molar-refractivity contribution in [2.24, 2.45) is 0 Å². The Morgan fingerprint density at radius 2 is 1.20 bits per heavy atom. The molecule has 0 amide bonds. The molecule has 0 aliphatic rings. The van der Waals surface area contributed by atoms with Crippen molar-refractivity contribution in [2.45, 2.75) is 0 Å². The van der Waals surface area contributed by atoms with Crippen molar-refractivity contribution in [2.75, 3.05) is 28.4 Å². The number of hydrogen-bond acceptors (Lipinski definition) is 6. The summed E-state index contributed by atoms with van der Waals surface area (Å²) in [7, 11) is 6.46. The Labute approximate surface area is 152 Å². The molecule has 1 aromatic heterocycles. The van der Waals surface area contributed by atoms with Gasteiger partial charge in [0.15, 0.2) is 0 Å². The van der Waals surface area contributed by atoms with Crippen molar-refractivity contribution in [3.63, 3.8) is 0 Å². The van der Waals surface area contributed by atoms with Crippen LogP contribution in [0.25, 0.3) is 21.5 Å². The van der Waals surface area contributed by atoms with Crippen LogP contribution in [0.2, 0.25) is 0 Å². The van der Waals surface area contributed by atoms with Crippen molar-refractivity contribution in [3.8, 4) is 44.5 Å². The molecule has 3 rings (SSSR count). The molecule has 0 spiro atoms. The third kappa shape index (κ3) is 3.48. The van der Waals surface area contributed by atoms with E-state index in [9.17, 15) is 0 Å². The first-order valence-corrected chi connectivity index (χ1v) is 9.11. The number of nitrogens with zero attached hydrogens (tertiary/aromatic N) is 2. The molecule has 0 aliphatic carbocycles. The van der Waals surface area contributed by atoms with E-state index >= 15 is 0 Å². The van der Waals surface area contributed by atoms with E-state index in [2.05, 4.69) is 3.98 Å². The van der Waals surface area contributed by atoms with Gasteiger partial charge in [-0.25, -0.2) is 0 Å². The quantitative estimate of drug-likeness (QED) is 0.588. The molecular weight excluding hydrogens is 387 g/mol. The molecule has 3 aromatic rings. The summed E-state index contributed by atoms with van der Waals surface area (Å²) in [4.78, 5) is 4.69. The molecule has 0 N–H and O–H groups in total. The van der Waals surface area contributed by atoms with E-state index in [0.29, 0.717) is 28.8 Å². The Bertz CT molecular complexity index is 809. The molecule has 0 unspecified atom stereocenters. The Kier molecular flexibility index (Phi) is 5.26. The summed E-state index contributed by atoms with van der Waals surface area (Å²) in [5.41, 5.74) is 1.88. The number of aromatic nitrogens is 2.